The average molecular weight is 384 g/mol. The predicted molar refractivity (Wildman–Crippen MR) is 97.7 cm³/mol. The Hall–Kier alpha value is -1.65. The molecule has 0 amide bonds. The van der Waals surface area contributed by atoms with Crippen LogP contribution in [0.2, 0.25) is 0 Å². The first-order valence-corrected chi connectivity index (χ1v) is 9.80. The molecule has 2 aromatic rings. The summed E-state index contributed by atoms with van der Waals surface area (Å²) in [6.07, 6.45) is 4.29. The van der Waals surface area contributed by atoms with Crippen molar-refractivity contribution in [1.29, 1.82) is 0 Å². The third-order valence-corrected chi connectivity index (χ3v) is 5.87. The normalized spacial score (nSPS) is 21.0. The van der Waals surface area contributed by atoms with Crippen molar-refractivity contribution < 1.29 is 22.0 Å². The van der Waals surface area contributed by atoms with Crippen LogP contribution in [0.5, 0.6) is 0 Å². The van der Waals surface area contributed by atoms with Crippen LogP contribution in [-0.2, 0) is 6.18 Å². The Bertz CT molecular complexity index is 785. The Morgan fingerprint density at radius 1 is 0.963 bits per heavy atom. The van der Waals surface area contributed by atoms with E-state index in [1.54, 1.807) is 12.1 Å². The van der Waals surface area contributed by atoms with E-state index in [0.717, 1.165) is 43.2 Å². The lowest BCUT2D eigenvalue weighted by Gasteiger charge is -2.29. The van der Waals surface area contributed by atoms with Gasteiger partial charge in [-0.1, -0.05) is 50.8 Å². The maximum atomic E-state index is 14.2. The molecule has 1 fully saturated rings. The lowest BCUT2D eigenvalue weighted by atomic mass is 9.76. The smallest absolute Gasteiger partial charge is 0.206 e. The molecule has 5 heteroatoms. The third kappa shape index (κ3) is 4.44. The van der Waals surface area contributed by atoms with Crippen LogP contribution in [0, 0.1) is 17.6 Å². The van der Waals surface area contributed by atoms with Gasteiger partial charge < -0.3 is 0 Å². The highest BCUT2D eigenvalue weighted by Crippen LogP contribution is 2.40. The van der Waals surface area contributed by atoms with Gasteiger partial charge in [0.15, 0.2) is 0 Å². The summed E-state index contributed by atoms with van der Waals surface area (Å²) in [7, 11) is 0. The zero-order valence-electron chi connectivity index (χ0n) is 15.5. The van der Waals surface area contributed by atoms with E-state index in [4.69, 9.17) is 0 Å². The molecule has 0 aliphatic heterocycles. The van der Waals surface area contributed by atoms with Crippen LogP contribution < -0.4 is 0 Å². The van der Waals surface area contributed by atoms with E-state index in [-0.39, 0.29) is 10.8 Å². The molecule has 0 spiro atoms. The third-order valence-electron chi connectivity index (χ3n) is 5.87. The predicted octanol–water partition coefficient (Wildman–Crippen LogP) is 7.99. The number of hydrogen-bond acceptors (Lipinski definition) is 0. The molecule has 0 aromatic heterocycles. The second kappa shape index (κ2) is 8.15. The molecular formula is C22H25F5. The molecule has 148 valence electrons. The van der Waals surface area contributed by atoms with Gasteiger partial charge in [-0.3, -0.25) is 0 Å². The molecule has 27 heavy (non-hydrogen) atoms. The second-order valence-electron chi connectivity index (χ2n) is 7.74. The van der Waals surface area contributed by atoms with Gasteiger partial charge in [-0.05, 0) is 54.5 Å². The zero-order valence-corrected chi connectivity index (χ0v) is 15.5. The second-order valence-corrected chi connectivity index (χ2v) is 7.74. The number of hydrogen-bond donors (Lipinski definition) is 0. The van der Waals surface area contributed by atoms with Gasteiger partial charge in [0.1, 0.15) is 17.2 Å². The van der Waals surface area contributed by atoms with E-state index in [0.29, 0.717) is 5.92 Å². The lowest BCUT2D eigenvalue weighted by Crippen LogP contribution is -2.14. The number of alkyl halides is 3. The molecular weight excluding hydrogens is 359 g/mol. The highest BCUT2D eigenvalue weighted by molar-refractivity contribution is 5.85. The van der Waals surface area contributed by atoms with Crippen LogP contribution in [0.1, 0.15) is 75.3 Å². The fourth-order valence-corrected chi connectivity index (χ4v) is 4.33. The molecule has 0 N–H and O–H groups in total. The van der Waals surface area contributed by atoms with Crippen molar-refractivity contribution in [2.75, 3.05) is 0 Å². The summed E-state index contributed by atoms with van der Waals surface area (Å²) in [5.74, 6) is -2.02. The van der Waals surface area contributed by atoms with E-state index < -0.39 is 23.4 Å². The van der Waals surface area contributed by atoms with Crippen LogP contribution in [-0.4, -0.2) is 0 Å². The molecule has 0 unspecified atom stereocenters. The molecule has 0 heterocycles. The van der Waals surface area contributed by atoms with Gasteiger partial charge in [-0.25, -0.2) is 8.78 Å². The van der Waals surface area contributed by atoms with Crippen molar-refractivity contribution in [1.82, 2.24) is 0 Å². The average Bonchev–Trinajstić information content (AvgIpc) is 2.61. The van der Waals surface area contributed by atoms with Crippen molar-refractivity contribution in [3.05, 3.63) is 47.0 Å². The number of unbranched alkanes of at least 4 members (excludes halogenated alkanes) is 2. The van der Waals surface area contributed by atoms with Gasteiger partial charge in [0, 0.05) is 5.39 Å². The summed E-state index contributed by atoms with van der Waals surface area (Å²) >= 11 is 0. The van der Waals surface area contributed by atoms with E-state index >= 15 is 0 Å². The van der Waals surface area contributed by atoms with E-state index in [1.165, 1.54) is 31.7 Å². The zero-order chi connectivity index (χ0) is 19.6. The highest BCUT2D eigenvalue weighted by Gasteiger charge is 2.38. The summed E-state index contributed by atoms with van der Waals surface area (Å²) in [6.45, 7) is 2.19. The Labute approximate surface area is 156 Å². The molecule has 0 radical (unpaired) electrons. The molecule has 0 atom stereocenters. The highest BCUT2D eigenvalue weighted by atomic mass is 19.4. The fourth-order valence-electron chi connectivity index (χ4n) is 4.33. The van der Waals surface area contributed by atoms with Crippen molar-refractivity contribution in [2.45, 2.75) is 70.4 Å². The van der Waals surface area contributed by atoms with Crippen LogP contribution in [0.4, 0.5) is 22.0 Å². The SMILES string of the molecule is CCCCCC1CCC(c2ccc3c(F)c(C(F)(F)F)c(F)cc3c2)CC1. The van der Waals surface area contributed by atoms with Crippen molar-refractivity contribution in [3.63, 3.8) is 0 Å². The molecule has 1 aliphatic carbocycles. The molecule has 0 bridgehead atoms. The standard InChI is InChI=1S/C22H25F5/c1-2-3-4-5-14-6-8-15(9-7-14)16-10-11-18-17(12-16)13-19(23)20(21(18)24)22(25,26)27/h10-15H,2-9H2,1H3. The number of fused-ring (bicyclic) bond motifs is 1. The van der Waals surface area contributed by atoms with E-state index in [9.17, 15) is 22.0 Å². The summed E-state index contributed by atoms with van der Waals surface area (Å²) in [5.41, 5.74) is -0.844. The summed E-state index contributed by atoms with van der Waals surface area (Å²) in [6, 6.07) is 5.53. The van der Waals surface area contributed by atoms with Crippen molar-refractivity contribution >= 4 is 10.8 Å². The van der Waals surface area contributed by atoms with Crippen LogP contribution in [0.25, 0.3) is 10.8 Å². The van der Waals surface area contributed by atoms with Crippen molar-refractivity contribution in [3.8, 4) is 0 Å². The van der Waals surface area contributed by atoms with Gasteiger partial charge >= 0.3 is 6.18 Å². The first-order valence-electron chi connectivity index (χ1n) is 9.80. The van der Waals surface area contributed by atoms with Crippen LogP contribution in [0.15, 0.2) is 24.3 Å². The first kappa shape index (κ1) is 20.1. The van der Waals surface area contributed by atoms with Crippen LogP contribution in [0.3, 0.4) is 0 Å². The molecule has 0 saturated heterocycles. The number of rotatable bonds is 5. The summed E-state index contributed by atoms with van der Waals surface area (Å²) in [4.78, 5) is 0. The monoisotopic (exact) mass is 384 g/mol. The maximum Gasteiger partial charge on any atom is 0.422 e. The maximum absolute atomic E-state index is 14.2. The van der Waals surface area contributed by atoms with Gasteiger partial charge in [-0.15, -0.1) is 0 Å². The minimum Gasteiger partial charge on any atom is -0.206 e. The van der Waals surface area contributed by atoms with Crippen LogP contribution >= 0.6 is 0 Å². The molecule has 1 saturated carbocycles. The summed E-state index contributed by atoms with van der Waals surface area (Å²) < 4.78 is 66.8. The quantitative estimate of drug-likeness (QED) is 0.362. The fraction of sp³-hybridized carbons (Fsp3) is 0.545. The van der Waals surface area contributed by atoms with Crippen molar-refractivity contribution in [2.24, 2.45) is 5.92 Å². The van der Waals surface area contributed by atoms with Gasteiger partial charge in [0.05, 0.1) is 0 Å². The van der Waals surface area contributed by atoms with E-state index in [2.05, 4.69) is 6.92 Å². The Balaban J connectivity index is 1.78. The summed E-state index contributed by atoms with van der Waals surface area (Å²) in [5, 5.41) is 0.0151. The van der Waals surface area contributed by atoms with Gasteiger partial charge in [-0.2, -0.15) is 13.2 Å². The minimum absolute atomic E-state index is 0.180. The van der Waals surface area contributed by atoms with Gasteiger partial charge in [0.25, 0.3) is 0 Å². The van der Waals surface area contributed by atoms with Gasteiger partial charge in [0.2, 0.25) is 0 Å². The number of benzene rings is 2. The lowest BCUT2D eigenvalue weighted by molar-refractivity contribution is -0.142. The molecule has 0 nitrogen and oxygen atoms in total. The topological polar surface area (TPSA) is 0 Å². The largest absolute Gasteiger partial charge is 0.422 e. The Morgan fingerprint density at radius 3 is 2.30 bits per heavy atom. The van der Waals surface area contributed by atoms with E-state index in [1.807, 2.05) is 0 Å². The molecule has 1 aliphatic rings. The molecule has 2 aromatic carbocycles. The Morgan fingerprint density at radius 2 is 1.67 bits per heavy atom. The first-order chi connectivity index (χ1) is 12.8. The molecule has 3 rings (SSSR count). The Kier molecular flexibility index (Phi) is 6.07. The number of halogens is 5. The minimum atomic E-state index is -5.04.